The molecule has 1 amide bonds. The maximum Gasteiger partial charge on any atom is 0.272 e. The Labute approximate surface area is 200 Å². The minimum absolute atomic E-state index is 0.0331. The lowest BCUT2D eigenvalue weighted by Gasteiger charge is -2.42. The third-order valence-electron chi connectivity index (χ3n) is 6.59. The summed E-state index contributed by atoms with van der Waals surface area (Å²) in [7, 11) is -3.63. The minimum atomic E-state index is -3.63. The van der Waals surface area contributed by atoms with Crippen molar-refractivity contribution in [3.63, 3.8) is 0 Å². The summed E-state index contributed by atoms with van der Waals surface area (Å²) in [5.74, 6) is -2.76. The number of carbonyl (C=O) groups is 1. The summed E-state index contributed by atoms with van der Waals surface area (Å²) >= 11 is 1.27. The van der Waals surface area contributed by atoms with Gasteiger partial charge in [-0.3, -0.25) is 4.79 Å². The summed E-state index contributed by atoms with van der Waals surface area (Å²) in [6, 6.07) is 8.07. The van der Waals surface area contributed by atoms with Crippen LogP contribution in [0.4, 0.5) is 14.6 Å². The van der Waals surface area contributed by atoms with Gasteiger partial charge in [0.15, 0.2) is 9.84 Å². The van der Waals surface area contributed by atoms with Crippen LogP contribution < -0.4 is 4.90 Å². The Morgan fingerprint density at radius 2 is 1.88 bits per heavy atom. The standard InChI is InChI=1S/C23H24F2N4O3S2/c1-23(24,25)15-5-8-20(26-11-15)29-16-6-7-17(29)13-28(12-16)21(30)9-10-34(31,32)19-4-2-3-18-22(19)33-14-27-18/h2-5,8,11,14,16-17H,6-7,9-10,12-13H2,1H3. The van der Waals surface area contributed by atoms with E-state index in [2.05, 4.69) is 14.9 Å². The Morgan fingerprint density at radius 1 is 1.15 bits per heavy atom. The number of hydrogen-bond donors (Lipinski definition) is 0. The summed E-state index contributed by atoms with van der Waals surface area (Å²) < 4.78 is 53.5. The molecule has 0 aliphatic carbocycles. The molecule has 2 aliphatic heterocycles. The van der Waals surface area contributed by atoms with E-state index in [0.717, 1.165) is 19.8 Å². The quantitative estimate of drug-likeness (QED) is 0.505. The molecule has 1 aromatic carbocycles. The molecule has 2 aromatic heterocycles. The van der Waals surface area contributed by atoms with Gasteiger partial charge in [0.1, 0.15) is 5.82 Å². The Kier molecular flexibility index (Phi) is 5.79. The number of anilines is 1. The van der Waals surface area contributed by atoms with Gasteiger partial charge in [0.2, 0.25) is 5.91 Å². The zero-order valence-corrected chi connectivity index (χ0v) is 20.2. The summed E-state index contributed by atoms with van der Waals surface area (Å²) in [6.07, 6.45) is 2.86. The van der Waals surface area contributed by atoms with Gasteiger partial charge in [-0.25, -0.2) is 27.2 Å². The molecule has 7 nitrogen and oxygen atoms in total. The van der Waals surface area contributed by atoms with Crippen molar-refractivity contribution in [3.8, 4) is 0 Å². The van der Waals surface area contributed by atoms with Gasteiger partial charge < -0.3 is 9.80 Å². The number of amides is 1. The molecule has 2 bridgehead atoms. The summed E-state index contributed by atoms with van der Waals surface area (Å²) in [5, 5.41) is 0. The molecule has 0 saturated carbocycles. The van der Waals surface area contributed by atoms with E-state index in [1.807, 2.05) is 0 Å². The number of sulfone groups is 1. The summed E-state index contributed by atoms with van der Waals surface area (Å²) in [6.45, 7) is 1.77. The molecule has 11 heteroatoms. The Hall–Kier alpha value is -2.66. The zero-order chi connectivity index (χ0) is 24.1. The third kappa shape index (κ3) is 4.26. The Balaban J connectivity index is 1.24. The average molecular weight is 507 g/mol. The molecular weight excluding hydrogens is 482 g/mol. The number of piperazine rings is 1. The van der Waals surface area contributed by atoms with Gasteiger partial charge in [-0.15, -0.1) is 11.3 Å². The number of benzene rings is 1. The number of fused-ring (bicyclic) bond motifs is 3. The van der Waals surface area contributed by atoms with Crippen LogP contribution in [0, 0.1) is 0 Å². The van der Waals surface area contributed by atoms with Crippen molar-refractivity contribution in [1.29, 1.82) is 0 Å². The van der Waals surface area contributed by atoms with E-state index in [0.29, 0.717) is 29.1 Å². The van der Waals surface area contributed by atoms with Gasteiger partial charge in [-0.2, -0.15) is 0 Å². The van der Waals surface area contributed by atoms with Crippen LogP contribution in [0.15, 0.2) is 46.9 Å². The number of carbonyl (C=O) groups excluding carboxylic acids is 1. The largest absolute Gasteiger partial charge is 0.347 e. The number of thiazole rings is 1. The fourth-order valence-corrected chi connectivity index (χ4v) is 7.43. The fraction of sp³-hybridized carbons (Fsp3) is 0.435. The van der Waals surface area contributed by atoms with E-state index in [-0.39, 0.29) is 40.6 Å². The number of pyridine rings is 1. The molecule has 5 rings (SSSR count). The molecule has 0 N–H and O–H groups in total. The molecule has 2 atom stereocenters. The molecule has 3 aromatic rings. The smallest absolute Gasteiger partial charge is 0.272 e. The summed E-state index contributed by atoms with van der Waals surface area (Å²) in [4.78, 5) is 25.4. The normalized spacial score (nSPS) is 20.8. The lowest BCUT2D eigenvalue weighted by atomic mass is 10.1. The summed E-state index contributed by atoms with van der Waals surface area (Å²) in [5.41, 5.74) is 2.11. The molecule has 34 heavy (non-hydrogen) atoms. The first-order valence-corrected chi connectivity index (χ1v) is 13.6. The minimum Gasteiger partial charge on any atom is -0.347 e. The molecule has 180 valence electrons. The molecule has 4 heterocycles. The number of halogens is 2. The SMILES string of the molecule is CC(F)(F)c1ccc(N2C3CCC2CN(C(=O)CCS(=O)(=O)c2cccc4ncsc24)C3)nc1. The highest BCUT2D eigenvalue weighted by atomic mass is 32.2. The third-order valence-corrected chi connectivity index (χ3v) is 9.35. The topological polar surface area (TPSA) is 83.5 Å². The molecule has 0 radical (unpaired) electrons. The number of aromatic nitrogens is 2. The van der Waals surface area contributed by atoms with E-state index in [4.69, 9.17) is 0 Å². The van der Waals surface area contributed by atoms with Gasteiger partial charge in [0.25, 0.3) is 5.92 Å². The number of alkyl halides is 2. The molecular formula is C23H24F2N4O3S2. The molecule has 2 unspecified atom stereocenters. The van der Waals surface area contributed by atoms with Crippen LogP contribution in [0.5, 0.6) is 0 Å². The van der Waals surface area contributed by atoms with Crippen molar-refractivity contribution < 1.29 is 22.0 Å². The van der Waals surface area contributed by atoms with Crippen molar-refractivity contribution in [2.75, 3.05) is 23.7 Å². The van der Waals surface area contributed by atoms with Gasteiger partial charge in [0.05, 0.1) is 26.4 Å². The van der Waals surface area contributed by atoms with Crippen molar-refractivity contribution in [2.45, 2.75) is 49.1 Å². The zero-order valence-electron chi connectivity index (χ0n) is 18.5. The fourth-order valence-electron chi connectivity index (χ4n) is 4.87. The predicted octanol–water partition coefficient (Wildman–Crippen LogP) is 3.85. The van der Waals surface area contributed by atoms with E-state index in [1.54, 1.807) is 34.7 Å². The van der Waals surface area contributed by atoms with Crippen LogP contribution in [0.2, 0.25) is 0 Å². The predicted molar refractivity (Wildman–Crippen MR) is 126 cm³/mol. The van der Waals surface area contributed by atoms with Gasteiger partial charge >= 0.3 is 0 Å². The van der Waals surface area contributed by atoms with Crippen LogP contribution in [0.25, 0.3) is 10.2 Å². The van der Waals surface area contributed by atoms with Crippen molar-refractivity contribution in [2.24, 2.45) is 0 Å². The van der Waals surface area contributed by atoms with Crippen LogP contribution in [-0.4, -0.2) is 60.1 Å². The molecule has 2 fully saturated rings. The van der Waals surface area contributed by atoms with Crippen LogP contribution in [0.3, 0.4) is 0 Å². The van der Waals surface area contributed by atoms with E-state index in [9.17, 15) is 22.0 Å². The van der Waals surface area contributed by atoms with E-state index in [1.165, 1.54) is 23.6 Å². The number of rotatable bonds is 6. The highest BCUT2D eigenvalue weighted by Crippen LogP contribution is 2.35. The first-order chi connectivity index (χ1) is 16.1. The highest BCUT2D eigenvalue weighted by Gasteiger charge is 2.42. The maximum atomic E-state index is 13.5. The molecule has 2 aliphatic rings. The lowest BCUT2D eigenvalue weighted by Crippen LogP contribution is -2.55. The first kappa shape index (κ1) is 23.1. The van der Waals surface area contributed by atoms with Crippen molar-refractivity contribution in [1.82, 2.24) is 14.9 Å². The maximum absolute atomic E-state index is 13.5. The second-order valence-corrected chi connectivity index (χ2v) is 11.8. The molecule has 0 spiro atoms. The van der Waals surface area contributed by atoms with E-state index >= 15 is 0 Å². The van der Waals surface area contributed by atoms with Crippen LogP contribution >= 0.6 is 11.3 Å². The lowest BCUT2D eigenvalue weighted by molar-refractivity contribution is -0.131. The number of nitrogens with zero attached hydrogens (tertiary/aromatic N) is 4. The van der Waals surface area contributed by atoms with Gasteiger partial charge in [-0.05, 0) is 37.1 Å². The number of hydrogen-bond acceptors (Lipinski definition) is 7. The van der Waals surface area contributed by atoms with Crippen molar-refractivity contribution >= 4 is 43.1 Å². The Morgan fingerprint density at radius 3 is 2.53 bits per heavy atom. The monoisotopic (exact) mass is 506 g/mol. The second-order valence-electron chi connectivity index (χ2n) is 8.91. The molecule has 2 saturated heterocycles. The average Bonchev–Trinajstić information content (AvgIpc) is 3.38. The first-order valence-electron chi connectivity index (χ1n) is 11.1. The van der Waals surface area contributed by atoms with Crippen LogP contribution in [-0.2, 0) is 20.6 Å². The van der Waals surface area contributed by atoms with Gasteiger partial charge in [-0.1, -0.05) is 6.07 Å². The second kappa shape index (κ2) is 8.53. The Bertz CT molecular complexity index is 1310. The van der Waals surface area contributed by atoms with Crippen LogP contribution in [0.1, 0.15) is 31.7 Å². The number of likely N-dealkylation sites (tertiary alicyclic amines) is 1. The highest BCUT2D eigenvalue weighted by molar-refractivity contribution is 7.91. The van der Waals surface area contributed by atoms with Gasteiger partial charge in [0, 0.05) is 50.3 Å². The van der Waals surface area contributed by atoms with E-state index < -0.39 is 15.8 Å². The van der Waals surface area contributed by atoms with Crippen molar-refractivity contribution in [3.05, 3.63) is 47.6 Å².